The van der Waals surface area contributed by atoms with Crippen LogP contribution >= 0.6 is 15.9 Å². The molecule has 1 aromatic carbocycles. The van der Waals surface area contributed by atoms with Crippen LogP contribution in [0.4, 0.5) is 0 Å². The third kappa shape index (κ3) is 3.24. The smallest absolute Gasteiger partial charge is 0.244 e. The second kappa shape index (κ2) is 6.13. The van der Waals surface area contributed by atoms with Crippen molar-refractivity contribution in [2.45, 2.75) is 37.6 Å². The SMILES string of the molecule is Cc1ccc(Br)c(S(=O)(=O)N2CCCC(C(C)N)C2)c1. The molecule has 1 aromatic rings. The van der Waals surface area contributed by atoms with Gasteiger partial charge in [-0.3, -0.25) is 0 Å². The van der Waals surface area contributed by atoms with E-state index >= 15 is 0 Å². The Morgan fingerprint density at radius 2 is 2.15 bits per heavy atom. The van der Waals surface area contributed by atoms with Crippen molar-refractivity contribution in [2.24, 2.45) is 11.7 Å². The molecule has 1 saturated heterocycles. The maximum absolute atomic E-state index is 12.8. The fourth-order valence-corrected chi connectivity index (χ4v) is 5.11. The quantitative estimate of drug-likeness (QED) is 0.900. The largest absolute Gasteiger partial charge is 0.328 e. The summed E-state index contributed by atoms with van der Waals surface area (Å²) in [7, 11) is -3.45. The van der Waals surface area contributed by atoms with Crippen LogP contribution < -0.4 is 5.73 Å². The topological polar surface area (TPSA) is 63.4 Å². The maximum atomic E-state index is 12.8. The Morgan fingerprint density at radius 3 is 2.80 bits per heavy atom. The molecule has 2 rings (SSSR count). The van der Waals surface area contributed by atoms with Gasteiger partial charge in [0.25, 0.3) is 0 Å². The third-order valence-corrected chi connectivity index (χ3v) is 6.73. The van der Waals surface area contributed by atoms with Crippen molar-refractivity contribution in [3.05, 3.63) is 28.2 Å². The lowest BCUT2D eigenvalue weighted by Gasteiger charge is -2.34. The monoisotopic (exact) mass is 360 g/mol. The Morgan fingerprint density at radius 1 is 1.45 bits per heavy atom. The number of halogens is 1. The average molecular weight is 361 g/mol. The highest BCUT2D eigenvalue weighted by Crippen LogP contribution is 2.29. The van der Waals surface area contributed by atoms with Gasteiger partial charge in [0, 0.05) is 23.6 Å². The van der Waals surface area contributed by atoms with Crippen molar-refractivity contribution >= 4 is 26.0 Å². The second-order valence-corrected chi connectivity index (χ2v) is 8.32. The van der Waals surface area contributed by atoms with E-state index in [1.165, 1.54) is 0 Å². The Labute approximate surface area is 129 Å². The van der Waals surface area contributed by atoms with Gasteiger partial charge in [0.1, 0.15) is 0 Å². The van der Waals surface area contributed by atoms with Crippen LogP contribution in [0.25, 0.3) is 0 Å². The summed E-state index contributed by atoms with van der Waals surface area (Å²) in [5.74, 6) is 0.238. The molecule has 0 aliphatic carbocycles. The lowest BCUT2D eigenvalue weighted by Crippen LogP contribution is -2.45. The summed E-state index contributed by atoms with van der Waals surface area (Å²) < 4.78 is 27.8. The molecule has 1 aliphatic rings. The Balaban J connectivity index is 2.32. The van der Waals surface area contributed by atoms with Crippen LogP contribution in [-0.2, 0) is 10.0 Å². The molecule has 2 N–H and O–H groups in total. The zero-order valence-electron chi connectivity index (χ0n) is 11.8. The first-order valence-electron chi connectivity index (χ1n) is 6.84. The molecule has 6 heteroatoms. The van der Waals surface area contributed by atoms with Gasteiger partial charge in [-0.15, -0.1) is 0 Å². The van der Waals surface area contributed by atoms with Crippen LogP contribution in [-0.4, -0.2) is 31.9 Å². The maximum Gasteiger partial charge on any atom is 0.244 e. The Kier molecular flexibility index (Phi) is 4.89. The molecule has 0 radical (unpaired) electrons. The third-order valence-electron chi connectivity index (χ3n) is 3.87. The molecule has 20 heavy (non-hydrogen) atoms. The minimum absolute atomic E-state index is 0.0222. The molecule has 0 bridgehead atoms. The summed E-state index contributed by atoms with van der Waals surface area (Å²) in [5, 5.41) is 0. The molecule has 112 valence electrons. The standard InChI is InChI=1S/C14H21BrN2O2S/c1-10-5-6-13(15)14(8-10)20(18,19)17-7-3-4-12(9-17)11(2)16/h5-6,8,11-12H,3-4,7,9,16H2,1-2H3. The predicted octanol–water partition coefficient (Wildman–Crippen LogP) is 2.51. The van der Waals surface area contributed by atoms with Crippen molar-refractivity contribution in [1.82, 2.24) is 4.31 Å². The minimum atomic E-state index is -3.45. The van der Waals surface area contributed by atoms with Gasteiger partial charge < -0.3 is 5.73 Å². The summed E-state index contributed by atoms with van der Waals surface area (Å²) in [6.45, 7) is 4.93. The molecule has 0 spiro atoms. The van der Waals surface area contributed by atoms with Gasteiger partial charge in [-0.2, -0.15) is 4.31 Å². The van der Waals surface area contributed by atoms with Crippen LogP contribution in [0, 0.1) is 12.8 Å². The first kappa shape index (κ1) is 15.9. The summed E-state index contributed by atoms with van der Waals surface area (Å²) in [6.07, 6.45) is 1.87. The number of benzene rings is 1. The van der Waals surface area contributed by atoms with E-state index in [0.29, 0.717) is 22.5 Å². The first-order chi connectivity index (χ1) is 9.32. The fraction of sp³-hybridized carbons (Fsp3) is 0.571. The highest BCUT2D eigenvalue weighted by Gasteiger charge is 2.32. The molecule has 1 fully saturated rings. The highest BCUT2D eigenvalue weighted by molar-refractivity contribution is 9.10. The number of rotatable bonds is 3. The normalized spacial score (nSPS) is 22.7. The summed E-state index contributed by atoms with van der Waals surface area (Å²) in [4.78, 5) is 0.350. The molecule has 1 aliphatic heterocycles. The van der Waals surface area contributed by atoms with Gasteiger partial charge in [-0.1, -0.05) is 6.07 Å². The second-order valence-electron chi connectivity index (χ2n) is 5.56. The minimum Gasteiger partial charge on any atom is -0.328 e. The summed E-state index contributed by atoms with van der Waals surface area (Å²) >= 11 is 3.35. The molecular formula is C14H21BrN2O2S. The lowest BCUT2D eigenvalue weighted by atomic mass is 9.93. The van der Waals surface area contributed by atoms with Gasteiger partial charge in [-0.25, -0.2) is 8.42 Å². The molecule has 2 atom stereocenters. The molecule has 1 heterocycles. The number of aryl methyl sites for hydroxylation is 1. The van der Waals surface area contributed by atoms with Crippen molar-refractivity contribution in [3.63, 3.8) is 0 Å². The fourth-order valence-electron chi connectivity index (χ4n) is 2.57. The number of nitrogens with two attached hydrogens (primary N) is 1. The van der Waals surface area contributed by atoms with Gasteiger partial charge in [0.2, 0.25) is 10.0 Å². The van der Waals surface area contributed by atoms with Crippen molar-refractivity contribution in [2.75, 3.05) is 13.1 Å². The van der Waals surface area contributed by atoms with E-state index < -0.39 is 10.0 Å². The van der Waals surface area contributed by atoms with Crippen molar-refractivity contribution < 1.29 is 8.42 Å². The predicted molar refractivity (Wildman–Crippen MR) is 84.0 cm³/mol. The van der Waals surface area contributed by atoms with Crippen LogP contribution in [0.15, 0.2) is 27.6 Å². The van der Waals surface area contributed by atoms with Gasteiger partial charge >= 0.3 is 0 Å². The van der Waals surface area contributed by atoms with E-state index in [1.54, 1.807) is 16.4 Å². The Bertz CT molecular complexity index is 587. The van der Waals surface area contributed by atoms with Crippen LogP contribution in [0.5, 0.6) is 0 Å². The van der Waals surface area contributed by atoms with Crippen molar-refractivity contribution in [3.8, 4) is 0 Å². The average Bonchev–Trinajstić information content (AvgIpc) is 2.41. The van der Waals surface area contributed by atoms with E-state index in [1.807, 2.05) is 19.9 Å². The summed E-state index contributed by atoms with van der Waals surface area (Å²) in [6, 6.07) is 5.42. The molecule has 2 unspecified atom stereocenters. The van der Waals surface area contributed by atoms with Gasteiger partial charge in [0.05, 0.1) is 4.90 Å². The molecule has 0 saturated carbocycles. The highest BCUT2D eigenvalue weighted by atomic mass is 79.9. The number of piperidine rings is 1. The van der Waals surface area contributed by atoms with Crippen LogP contribution in [0.2, 0.25) is 0 Å². The molecule has 0 aromatic heterocycles. The zero-order chi connectivity index (χ0) is 14.9. The van der Waals surface area contributed by atoms with Crippen LogP contribution in [0.3, 0.4) is 0 Å². The van der Waals surface area contributed by atoms with Gasteiger partial charge in [0.15, 0.2) is 0 Å². The van der Waals surface area contributed by atoms with E-state index in [0.717, 1.165) is 18.4 Å². The van der Waals surface area contributed by atoms with Crippen molar-refractivity contribution in [1.29, 1.82) is 0 Å². The number of sulfonamides is 1. The van der Waals surface area contributed by atoms with E-state index in [4.69, 9.17) is 5.73 Å². The Hall–Kier alpha value is -0.430. The zero-order valence-corrected chi connectivity index (χ0v) is 14.2. The van der Waals surface area contributed by atoms with E-state index in [9.17, 15) is 8.42 Å². The number of hydrogen-bond acceptors (Lipinski definition) is 3. The van der Waals surface area contributed by atoms with E-state index in [2.05, 4.69) is 15.9 Å². The lowest BCUT2D eigenvalue weighted by molar-refractivity contribution is 0.243. The van der Waals surface area contributed by atoms with E-state index in [-0.39, 0.29) is 12.0 Å². The molecule has 0 amide bonds. The number of hydrogen-bond donors (Lipinski definition) is 1. The van der Waals surface area contributed by atoms with Gasteiger partial charge in [-0.05, 0) is 66.2 Å². The molecular weight excluding hydrogens is 340 g/mol. The first-order valence-corrected chi connectivity index (χ1v) is 9.07. The summed E-state index contributed by atoms with van der Waals surface area (Å²) in [5.41, 5.74) is 6.87. The van der Waals surface area contributed by atoms with Crippen LogP contribution in [0.1, 0.15) is 25.3 Å². The number of nitrogens with zero attached hydrogens (tertiary/aromatic N) is 1. The molecule has 4 nitrogen and oxygen atoms in total.